The van der Waals surface area contributed by atoms with Crippen molar-refractivity contribution in [3.63, 3.8) is 0 Å². The molecule has 1 aromatic heterocycles. The van der Waals surface area contributed by atoms with E-state index in [0.717, 1.165) is 23.4 Å². The van der Waals surface area contributed by atoms with Gasteiger partial charge >= 0.3 is 0 Å². The molecule has 0 aliphatic carbocycles. The highest BCUT2D eigenvalue weighted by atomic mass is 79.9. The van der Waals surface area contributed by atoms with Crippen LogP contribution in [0.3, 0.4) is 0 Å². The zero-order chi connectivity index (χ0) is 13.4. The van der Waals surface area contributed by atoms with Gasteiger partial charge in [0.2, 0.25) is 0 Å². The third-order valence-corrected chi connectivity index (χ3v) is 4.89. The van der Waals surface area contributed by atoms with Crippen molar-refractivity contribution >= 4 is 27.4 Å². The molecule has 19 heavy (non-hydrogen) atoms. The highest BCUT2D eigenvalue weighted by Crippen LogP contribution is 2.31. The fourth-order valence-electron chi connectivity index (χ4n) is 3.30. The third kappa shape index (κ3) is 2.58. The van der Waals surface area contributed by atoms with Crippen molar-refractivity contribution in [1.29, 1.82) is 0 Å². The molecule has 0 aromatic carbocycles. The predicted molar refractivity (Wildman–Crippen MR) is 82.4 cm³/mol. The molecule has 2 aliphatic heterocycles. The molecule has 4 nitrogen and oxygen atoms in total. The fraction of sp³-hybridized carbons (Fsp3) is 0.643. The van der Waals surface area contributed by atoms with Crippen molar-refractivity contribution in [3.8, 4) is 0 Å². The lowest BCUT2D eigenvalue weighted by molar-refractivity contribution is 0.115. The molecule has 104 valence electrons. The number of pyridine rings is 1. The molecule has 3 rings (SSSR count). The Morgan fingerprint density at radius 3 is 3.00 bits per heavy atom. The first kappa shape index (κ1) is 13.2. The number of piperazine rings is 1. The van der Waals surface area contributed by atoms with E-state index >= 15 is 0 Å². The molecule has 2 aliphatic rings. The number of halogens is 1. The lowest BCUT2D eigenvalue weighted by Crippen LogP contribution is -2.59. The summed E-state index contributed by atoms with van der Waals surface area (Å²) < 4.78 is 1.00. The highest BCUT2D eigenvalue weighted by Gasteiger charge is 2.34. The number of anilines is 2. The second kappa shape index (κ2) is 5.29. The summed E-state index contributed by atoms with van der Waals surface area (Å²) in [7, 11) is 0. The van der Waals surface area contributed by atoms with Gasteiger partial charge in [0.25, 0.3) is 0 Å². The summed E-state index contributed by atoms with van der Waals surface area (Å²) in [4.78, 5) is 9.60. The molecule has 2 atom stereocenters. The summed E-state index contributed by atoms with van der Waals surface area (Å²) in [6.45, 7) is 5.77. The topological polar surface area (TPSA) is 45.4 Å². The van der Waals surface area contributed by atoms with Crippen molar-refractivity contribution in [2.24, 2.45) is 0 Å². The van der Waals surface area contributed by atoms with Crippen molar-refractivity contribution in [2.45, 2.75) is 38.3 Å². The Balaban J connectivity index is 1.83. The lowest BCUT2D eigenvalue weighted by atomic mass is 9.97. The molecule has 0 bridgehead atoms. The summed E-state index contributed by atoms with van der Waals surface area (Å²) in [5.74, 6) is 1.03. The molecule has 3 heterocycles. The minimum absolute atomic E-state index is 0.502. The van der Waals surface area contributed by atoms with Gasteiger partial charge < -0.3 is 10.6 Å². The minimum Gasteiger partial charge on any atom is -0.397 e. The average molecular weight is 325 g/mol. The summed E-state index contributed by atoms with van der Waals surface area (Å²) in [6, 6.07) is 3.14. The van der Waals surface area contributed by atoms with Crippen LogP contribution in [0.5, 0.6) is 0 Å². The molecule has 2 unspecified atom stereocenters. The Morgan fingerprint density at radius 1 is 1.37 bits per heavy atom. The van der Waals surface area contributed by atoms with Crippen LogP contribution in [0.25, 0.3) is 0 Å². The van der Waals surface area contributed by atoms with Crippen molar-refractivity contribution in [1.82, 2.24) is 9.88 Å². The first-order chi connectivity index (χ1) is 9.15. The number of aromatic nitrogens is 1. The molecular formula is C14H21BrN4. The predicted octanol–water partition coefficient (Wildman–Crippen LogP) is 2.49. The number of nitrogens with two attached hydrogens (primary N) is 1. The van der Waals surface area contributed by atoms with Crippen LogP contribution in [-0.4, -0.2) is 41.6 Å². The maximum absolute atomic E-state index is 5.78. The van der Waals surface area contributed by atoms with E-state index in [1.165, 1.54) is 25.8 Å². The second-order valence-electron chi connectivity index (χ2n) is 5.72. The fourth-order valence-corrected chi connectivity index (χ4v) is 3.90. The standard InChI is InChI=1S/C14H21BrN4/c1-10-8-18-5-3-2-4-12(18)9-19(10)14-13(15)6-11(16)7-17-14/h6-7,10,12H,2-5,8-9,16H2,1H3. The number of piperidine rings is 1. The quantitative estimate of drug-likeness (QED) is 0.862. The zero-order valence-electron chi connectivity index (χ0n) is 11.3. The van der Waals surface area contributed by atoms with E-state index < -0.39 is 0 Å². The Bertz CT molecular complexity index is 465. The first-order valence-electron chi connectivity index (χ1n) is 7.07. The molecule has 2 fully saturated rings. The largest absolute Gasteiger partial charge is 0.397 e. The molecule has 0 spiro atoms. The lowest BCUT2D eigenvalue weighted by Gasteiger charge is -2.48. The molecule has 0 saturated carbocycles. The van der Waals surface area contributed by atoms with E-state index in [2.05, 4.69) is 37.6 Å². The van der Waals surface area contributed by atoms with E-state index in [0.29, 0.717) is 17.8 Å². The van der Waals surface area contributed by atoms with Crippen molar-refractivity contribution < 1.29 is 0 Å². The number of hydrogen-bond acceptors (Lipinski definition) is 4. The molecule has 0 amide bonds. The van der Waals surface area contributed by atoms with Crippen LogP contribution < -0.4 is 10.6 Å². The van der Waals surface area contributed by atoms with Gasteiger partial charge in [-0.3, -0.25) is 4.90 Å². The smallest absolute Gasteiger partial charge is 0.143 e. The van der Waals surface area contributed by atoms with Crippen LogP contribution in [0.4, 0.5) is 11.5 Å². The molecule has 2 saturated heterocycles. The van der Waals surface area contributed by atoms with Crippen LogP contribution in [0, 0.1) is 0 Å². The maximum atomic E-state index is 5.78. The molecule has 1 aromatic rings. The van der Waals surface area contributed by atoms with Gasteiger partial charge in [0.05, 0.1) is 16.4 Å². The Hall–Kier alpha value is -0.810. The SMILES string of the molecule is CC1CN2CCCCC2CN1c1ncc(N)cc1Br. The van der Waals surface area contributed by atoms with E-state index in [9.17, 15) is 0 Å². The average Bonchev–Trinajstić information content (AvgIpc) is 2.38. The Kier molecular flexibility index (Phi) is 3.67. The monoisotopic (exact) mass is 324 g/mol. The summed E-state index contributed by atoms with van der Waals surface area (Å²) >= 11 is 3.60. The van der Waals surface area contributed by atoms with Gasteiger partial charge in [0.15, 0.2) is 0 Å². The van der Waals surface area contributed by atoms with Crippen LogP contribution in [0.1, 0.15) is 26.2 Å². The number of nitrogen functional groups attached to an aromatic ring is 1. The van der Waals surface area contributed by atoms with Gasteiger partial charge in [0.1, 0.15) is 5.82 Å². The molecule has 0 radical (unpaired) electrons. The van der Waals surface area contributed by atoms with Crippen LogP contribution in [0.15, 0.2) is 16.7 Å². The third-order valence-electron chi connectivity index (χ3n) is 4.30. The van der Waals surface area contributed by atoms with Gasteiger partial charge in [-0.2, -0.15) is 0 Å². The minimum atomic E-state index is 0.502. The second-order valence-corrected chi connectivity index (χ2v) is 6.57. The number of nitrogens with zero attached hydrogens (tertiary/aromatic N) is 3. The van der Waals surface area contributed by atoms with Crippen LogP contribution in [0.2, 0.25) is 0 Å². The first-order valence-corrected chi connectivity index (χ1v) is 7.86. The Labute approximate surface area is 123 Å². The van der Waals surface area contributed by atoms with Gasteiger partial charge in [-0.15, -0.1) is 0 Å². The summed E-state index contributed by atoms with van der Waals surface area (Å²) in [5, 5.41) is 0. The van der Waals surface area contributed by atoms with Crippen LogP contribution >= 0.6 is 15.9 Å². The van der Waals surface area contributed by atoms with Gasteiger partial charge in [0, 0.05) is 25.2 Å². The van der Waals surface area contributed by atoms with Gasteiger partial charge in [-0.25, -0.2) is 4.98 Å². The highest BCUT2D eigenvalue weighted by molar-refractivity contribution is 9.10. The van der Waals surface area contributed by atoms with E-state index in [4.69, 9.17) is 5.73 Å². The van der Waals surface area contributed by atoms with E-state index in [-0.39, 0.29) is 0 Å². The van der Waals surface area contributed by atoms with E-state index in [1.807, 2.05) is 6.07 Å². The van der Waals surface area contributed by atoms with Gasteiger partial charge in [-0.1, -0.05) is 6.42 Å². The van der Waals surface area contributed by atoms with Crippen molar-refractivity contribution in [3.05, 3.63) is 16.7 Å². The number of fused-ring (bicyclic) bond motifs is 1. The summed E-state index contributed by atoms with van der Waals surface area (Å²) in [5.41, 5.74) is 6.49. The molecular weight excluding hydrogens is 304 g/mol. The number of hydrogen-bond donors (Lipinski definition) is 1. The maximum Gasteiger partial charge on any atom is 0.143 e. The molecule has 2 N–H and O–H groups in total. The van der Waals surface area contributed by atoms with Crippen molar-refractivity contribution in [2.75, 3.05) is 30.3 Å². The van der Waals surface area contributed by atoms with E-state index in [1.54, 1.807) is 6.20 Å². The number of rotatable bonds is 1. The summed E-state index contributed by atoms with van der Waals surface area (Å²) in [6.07, 6.45) is 5.78. The Morgan fingerprint density at radius 2 is 2.21 bits per heavy atom. The van der Waals surface area contributed by atoms with Crippen LogP contribution in [-0.2, 0) is 0 Å². The van der Waals surface area contributed by atoms with Gasteiger partial charge in [-0.05, 0) is 48.3 Å². The molecule has 5 heteroatoms. The zero-order valence-corrected chi connectivity index (χ0v) is 12.9. The normalized spacial score (nSPS) is 28.2.